The smallest absolute Gasteiger partial charge is 0.399 e. The summed E-state index contributed by atoms with van der Waals surface area (Å²) in [6.07, 6.45) is 2.04. The van der Waals surface area contributed by atoms with Gasteiger partial charge in [0, 0.05) is 12.1 Å². The Morgan fingerprint density at radius 2 is 1.34 bits per heavy atom. The lowest BCUT2D eigenvalue weighted by molar-refractivity contribution is -0.384. The summed E-state index contributed by atoms with van der Waals surface area (Å²) in [7, 11) is -0.409. The molecular weight excluding hydrogens is 401 g/mol. The zero-order valence-corrected chi connectivity index (χ0v) is 18.7. The fourth-order valence-electron chi connectivity index (χ4n) is 3.61. The zero-order valence-electron chi connectivity index (χ0n) is 18.7. The third-order valence-electron chi connectivity index (χ3n) is 6.25. The van der Waals surface area contributed by atoms with Gasteiger partial charge in [0.2, 0.25) is 0 Å². The fraction of sp³-hybridized carbons (Fsp3) is 0.231. The van der Waals surface area contributed by atoms with Crippen molar-refractivity contribution >= 4 is 29.9 Å². The zero-order chi connectivity index (χ0) is 22.9. The topological polar surface area (TPSA) is 61.6 Å². The van der Waals surface area contributed by atoms with Crippen molar-refractivity contribution in [3.05, 3.63) is 106 Å². The van der Waals surface area contributed by atoms with Gasteiger partial charge in [-0.15, -0.1) is 0 Å². The summed E-state index contributed by atoms with van der Waals surface area (Å²) in [6, 6.07) is 24.8. The quantitative estimate of drug-likeness (QED) is 0.234. The molecule has 0 N–H and O–H groups in total. The first-order chi connectivity index (χ1) is 15.2. The second-order valence-electron chi connectivity index (χ2n) is 8.98. The first-order valence-electron chi connectivity index (χ1n) is 10.6. The maximum Gasteiger partial charge on any atom is 0.494 e. The first kappa shape index (κ1) is 22.0. The van der Waals surface area contributed by atoms with E-state index < -0.39 is 7.12 Å². The molecule has 1 aliphatic heterocycles. The van der Waals surface area contributed by atoms with Crippen LogP contribution >= 0.6 is 0 Å². The average molecular weight is 427 g/mol. The molecule has 1 fully saturated rings. The van der Waals surface area contributed by atoms with Crippen LogP contribution < -0.4 is 5.46 Å². The molecule has 0 saturated carbocycles. The van der Waals surface area contributed by atoms with Crippen LogP contribution in [0.15, 0.2) is 78.9 Å². The molecule has 0 unspecified atom stereocenters. The summed E-state index contributed by atoms with van der Waals surface area (Å²) >= 11 is 0. The van der Waals surface area contributed by atoms with Gasteiger partial charge in [0.15, 0.2) is 0 Å². The Bertz CT molecular complexity index is 1120. The van der Waals surface area contributed by atoms with Gasteiger partial charge in [0.1, 0.15) is 0 Å². The molecule has 0 aromatic heterocycles. The van der Waals surface area contributed by atoms with Gasteiger partial charge in [-0.05, 0) is 73.6 Å². The summed E-state index contributed by atoms with van der Waals surface area (Å²) in [4.78, 5) is 10.6. The predicted octanol–water partition coefficient (Wildman–Crippen LogP) is 5.48. The van der Waals surface area contributed by atoms with Gasteiger partial charge < -0.3 is 9.31 Å². The van der Waals surface area contributed by atoms with Crippen LogP contribution in [0.25, 0.3) is 11.6 Å². The number of nitro benzene ring substituents is 1. The van der Waals surface area contributed by atoms with Crippen LogP contribution in [0.5, 0.6) is 0 Å². The summed E-state index contributed by atoms with van der Waals surface area (Å²) < 4.78 is 12.3. The van der Waals surface area contributed by atoms with Gasteiger partial charge in [0.05, 0.1) is 16.1 Å². The molecular formula is C26H26BNO4. The Kier molecular flexibility index (Phi) is 5.76. The van der Waals surface area contributed by atoms with E-state index in [1.54, 1.807) is 12.1 Å². The van der Waals surface area contributed by atoms with Crippen molar-refractivity contribution in [3.8, 4) is 0 Å². The van der Waals surface area contributed by atoms with Crippen molar-refractivity contribution in [2.75, 3.05) is 0 Å². The van der Waals surface area contributed by atoms with Crippen LogP contribution in [-0.2, 0) is 9.31 Å². The molecule has 1 aliphatic rings. The minimum atomic E-state index is -0.409. The van der Waals surface area contributed by atoms with Gasteiger partial charge >= 0.3 is 7.12 Å². The van der Waals surface area contributed by atoms with Crippen LogP contribution in [-0.4, -0.2) is 23.2 Å². The number of benzene rings is 3. The second-order valence-corrected chi connectivity index (χ2v) is 8.98. The second kappa shape index (κ2) is 8.38. The van der Waals surface area contributed by atoms with E-state index in [1.807, 2.05) is 64.1 Å². The van der Waals surface area contributed by atoms with Crippen LogP contribution in [0.3, 0.4) is 0 Å². The molecule has 0 amide bonds. The molecule has 0 bridgehead atoms. The molecule has 4 rings (SSSR count). The van der Waals surface area contributed by atoms with Gasteiger partial charge in [0.25, 0.3) is 5.69 Å². The van der Waals surface area contributed by atoms with E-state index in [4.69, 9.17) is 9.31 Å². The third-order valence-corrected chi connectivity index (χ3v) is 6.25. The van der Waals surface area contributed by atoms with Gasteiger partial charge in [-0.1, -0.05) is 54.6 Å². The van der Waals surface area contributed by atoms with E-state index in [0.717, 1.165) is 27.7 Å². The highest BCUT2D eigenvalue weighted by Gasteiger charge is 2.51. The SMILES string of the molecule is CC1(C)OB(c2ccc(/C(=C/c3ccc([N+](=O)[O-])cc3)c3ccccc3)cc2)OC1(C)C. The Balaban J connectivity index is 1.67. The summed E-state index contributed by atoms with van der Waals surface area (Å²) in [6.45, 7) is 8.17. The highest BCUT2D eigenvalue weighted by Crippen LogP contribution is 2.36. The van der Waals surface area contributed by atoms with E-state index in [1.165, 1.54) is 12.1 Å². The van der Waals surface area contributed by atoms with E-state index >= 15 is 0 Å². The number of hydrogen-bond donors (Lipinski definition) is 0. The van der Waals surface area contributed by atoms with Crippen LogP contribution in [0, 0.1) is 10.1 Å². The largest absolute Gasteiger partial charge is 0.494 e. The highest BCUT2D eigenvalue weighted by atomic mass is 16.7. The molecule has 0 spiro atoms. The van der Waals surface area contributed by atoms with Crippen molar-refractivity contribution in [1.29, 1.82) is 0 Å². The van der Waals surface area contributed by atoms with Crippen molar-refractivity contribution in [1.82, 2.24) is 0 Å². The molecule has 3 aromatic rings. The van der Waals surface area contributed by atoms with Crippen molar-refractivity contribution in [2.24, 2.45) is 0 Å². The Morgan fingerprint density at radius 3 is 1.88 bits per heavy atom. The van der Waals surface area contributed by atoms with E-state index in [0.29, 0.717) is 0 Å². The average Bonchev–Trinajstić information content (AvgIpc) is 3.00. The van der Waals surface area contributed by atoms with Gasteiger partial charge in [-0.25, -0.2) is 0 Å². The first-order valence-corrected chi connectivity index (χ1v) is 10.6. The van der Waals surface area contributed by atoms with Crippen LogP contribution in [0.2, 0.25) is 0 Å². The molecule has 0 atom stereocenters. The van der Waals surface area contributed by atoms with Crippen molar-refractivity contribution < 1.29 is 14.2 Å². The molecule has 32 heavy (non-hydrogen) atoms. The third kappa shape index (κ3) is 4.38. The van der Waals surface area contributed by atoms with Crippen LogP contribution in [0.1, 0.15) is 44.4 Å². The minimum absolute atomic E-state index is 0.0789. The van der Waals surface area contributed by atoms with E-state index in [-0.39, 0.29) is 21.8 Å². The maximum absolute atomic E-state index is 11.0. The summed E-state index contributed by atoms with van der Waals surface area (Å²) in [5.74, 6) is 0. The van der Waals surface area contributed by atoms with Crippen molar-refractivity contribution in [2.45, 2.75) is 38.9 Å². The summed E-state index contributed by atoms with van der Waals surface area (Å²) in [5, 5.41) is 11.0. The Hall–Kier alpha value is -3.22. The van der Waals surface area contributed by atoms with E-state index in [9.17, 15) is 10.1 Å². The Morgan fingerprint density at radius 1 is 0.812 bits per heavy atom. The molecule has 1 heterocycles. The van der Waals surface area contributed by atoms with E-state index in [2.05, 4.69) is 24.3 Å². The van der Waals surface area contributed by atoms with Crippen LogP contribution in [0.4, 0.5) is 5.69 Å². The molecule has 1 saturated heterocycles. The molecule has 3 aromatic carbocycles. The fourth-order valence-corrected chi connectivity index (χ4v) is 3.61. The molecule has 0 radical (unpaired) electrons. The van der Waals surface area contributed by atoms with Gasteiger partial charge in [-0.2, -0.15) is 0 Å². The molecule has 6 heteroatoms. The molecule has 5 nitrogen and oxygen atoms in total. The lowest BCUT2D eigenvalue weighted by Crippen LogP contribution is -2.41. The molecule has 162 valence electrons. The normalized spacial score (nSPS) is 17.4. The minimum Gasteiger partial charge on any atom is -0.399 e. The number of hydrogen-bond acceptors (Lipinski definition) is 4. The lowest BCUT2D eigenvalue weighted by Gasteiger charge is -2.32. The molecule has 0 aliphatic carbocycles. The number of rotatable bonds is 5. The number of nitrogens with zero attached hydrogens (tertiary/aromatic N) is 1. The monoisotopic (exact) mass is 427 g/mol. The van der Waals surface area contributed by atoms with Crippen molar-refractivity contribution in [3.63, 3.8) is 0 Å². The standard InChI is InChI=1S/C26H26BNO4/c1-25(2)26(3,4)32-27(31-25)22-14-12-21(13-15-22)24(20-8-6-5-7-9-20)18-19-10-16-23(17-11-19)28(29)30/h5-18H,1-4H3/b24-18+. The highest BCUT2D eigenvalue weighted by molar-refractivity contribution is 6.62. The number of nitro groups is 1. The lowest BCUT2D eigenvalue weighted by atomic mass is 9.78. The summed E-state index contributed by atoms with van der Waals surface area (Å²) in [5.41, 5.74) is 4.29. The Labute approximate surface area is 189 Å². The van der Waals surface area contributed by atoms with Gasteiger partial charge in [-0.3, -0.25) is 10.1 Å². The predicted molar refractivity (Wildman–Crippen MR) is 129 cm³/mol. The maximum atomic E-state index is 11.0. The number of non-ortho nitro benzene ring substituents is 1.